The van der Waals surface area contributed by atoms with Crippen molar-refractivity contribution in [2.45, 2.75) is 40.0 Å². The molecular weight excluding hydrogens is 572 g/mol. The van der Waals surface area contributed by atoms with E-state index in [0.29, 0.717) is 61.6 Å². The fourth-order valence-electron chi connectivity index (χ4n) is 4.90. The molecule has 4 aromatic rings. The summed E-state index contributed by atoms with van der Waals surface area (Å²) in [5.74, 6) is 1.10. The van der Waals surface area contributed by atoms with E-state index in [0.717, 1.165) is 16.8 Å². The summed E-state index contributed by atoms with van der Waals surface area (Å²) >= 11 is 0. The second-order valence-corrected chi connectivity index (χ2v) is 11.7. The molecular formula is C32H40N10O3. The number of carbonyl (C=O) groups is 2. The van der Waals surface area contributed by atoms with E-state index in [-0.39, 0.29) is 22.9 Å². The highest BCUT2D eigenvalue weighted by molar-refractivity contribution is 6.04. The largest absolute Gasteiger partial charge is 0.379 e. The molecule has 1 aliphatic rings. The number of hydrazine groups is 1. The highest BCUT2D eigenvalue weighted by atomic mass is 16.5. The zero-order chi connectivity index (χ0) is 32.1. The minimum Gasteiger partial charge on any atom is -0.379 e. The molecule has 1 aromatic carbocycles. The molecule has 0 aliphatic carbocycles. The molecule has 45 heavy (non-hydrogen) atoms. The summed E-state index contributed by atoms with van der Waals surface area (Å²) < 4.78 is 7.06. The van der Waals surface area contributed by atoms with Crippen molar-refractivity contribution in [2.75, 3.05) is 55.8 Å². The van der Waals surface area contributed by atoms with Gasteiger partial charge in [0.25, 0.3) is 11.8 Å². The molecule has 0 saturated carbocycles. The fraction of sp³-hybridized carbons (Fsp3) is 0.375. The van der Waals surface area contributed by atoms with Crippen LogP contribution in [-0.2, 0) is 10.2 Å². The van der Waals surface area contributed by atoms with E-state index in [1.54, 1.807) is 41.3 Å². The van der Waals surface area contributed by atoms with Gasteiger partial charge in [-0.25, -0.2) is 15.0 Å². The van der Waals surface area contributed by atoms with E-state index in [1.807, 2.05) is 43.1 Å². The predicted octanol–water partition coefficient (Wildman–Crippen LogP) is 4.41. The van der Waals surface area contributed by atoms with Gasteiger partial charge >= 0.3 is 0 Å². The summed E-state index contributed by atoms with van der Waals surface area (Å²) in [6.45, 7) is 13.0. The van der Waals surface area contributed by atoms with Gasteiger partial charge < -0.3 is 20.7 Å². The number of amides is 2. The summed E-state index contributed by atoms with van der Waals surface area (Å²) in [7, 11) is 1.77. The average Bonchev–Trinajstić information content (AvgIpc) is 3.47. The molecule has 0 atom stereocenters. The number of nitrogens with one attached hydrogen (secondary N) is 3. The van der Waals surface area contributed by atoms with Crippen LogP contribution in [-0.4, -0.2) is 86.5 Å². The van der Waals surface area contributed by atoms with Crippen molar-refractivity contribution < 1.29 is 14.3 Å². The molecule has 5 rings (SSSR count). The van der Waals surface area contributed by atoms with Crippen LogP contribution in [0.15, 0.2) is 55.1 Å². The lowest BCUT2D eigenvalue weighted by atomic mass is 9.87. The third-order valence-corrected chi connectivity index (χ3v) is 7.54. The molecule has 13 heteroatoms. The first kappa shape index (κ1) is 31.5. The maximum absolute atomic E-state index is 13.8. The van der Waals surface area contributed by atoms with Crippen molar-refractivity contribution in [3.8, 4) is 5.82 Å². The number of hydrogen-bond donors (Lipinski definition) is 3. The first-order chi connectivity index (χ1) is 21.6. The minimum absolute atomic E-state index is 0.137. The molecule has 3 N–H and O–H groups in total. The van der Waals surface area contributed by atoms with Crippen LogP contribution in [0, 0.1) is 6.92 Å². The van der Waals surface area contributed by atoms with Gasteiger partial charge in [-0.2, -0.15) is 9.78 Å². The second-order valence-electron chi connectivity index (χ2n) is 11.7. The van der Waals surface area contributed by atoms with E-state index < -0.39 is 0 Å². The van der Waals surface area contributed by atoms with Crippen LogP contribution in [0.2, 0.25) is 0 Å². The number of hydrogen-bond acceptors (Lipinski definition) is 10. The first-order valence-corrected chi connectivity index (χ1v) is 15.0. The number of carbonyl (C=O) groups excluding carboxylic acids is 2. The maximum atomic E-state index is 13.8. The molecule has 4 heterocycles. The highest BCUT2D eigenvalue weighted by Crippen LogP contribution is 2.28. The highest BCUT2D eigenvalue weighted by Gasteiger charge is 2.27. The van der Waals surface area contributed by atoms with Crippen LogP contribution in [0.3, 0.4) is 0 Å². The molecule has 3 aromatic heterocycles. The van der Waals surface area contributed by atoms with Crippen molar-refractivity contribution >= 4 is 34.8 Å². The molecule has 0 unspecified atom stereocenters. The van der Waals surface area contributed by atoms with Gasteiger partial charge in [-0.1, -0.05) is 26.8 Å². The third kappa shape index (κ3) is 7.27. The predicted molar refractivity (Wildman–Crippen MR) is 173 cm³/mol. The quantitative estimate of drug-likeness (QED) is 0.249. The van der Waals surface area contributed by atoms with Crippen molar-refractivity contribution in [2.24, 2.45) is 0 Å². The molecule has 2 amide bonds. The first-order valence-electron chi connectivity index (χ1n) is 15.0. The van der Waals surface area contributed by atoms with Crippen LogP contribution in [0.25, 0.3) is 5.82 Å². The Hall–Kier alpha value is -4.88. The molecule has 1 saturated heterocycles. The lowest BCUT2D eigenvalue weighted by Gasteiger charge is -2.36. The van der Waals surface area contributed by atoms with Gasteiger partial charge in [-0.15, -0.1) is 0 Å². The number of aromatic nitrogens is 5. The fourth-order valence-corrected chi connectivity index (χ4v) is 4.90. The Kier molecular flexibility index (Phi) is 9.40. The summed E-state index contributed by atoms with van der Waals surface area (Å²) in [5.41, 5.74) is 3.81. The topological polar surface area (TPSA) is 142 Å². The number of aryl methyl sites for hydroxylation is 1. The number of anilines is 4. The Bertz CT molecular complexity index is 1670. The van der Waals surface area contributed by atoms with Gasteiger partial charge in [0, 0.05) is 62.6 Å². The normalized spacial score (nSPS) is 13.7. The van der Waals surface area contributed by atoms with Crippen molar-refractivity contribution in [3.05, 3.63) is 77.5 Å². The number of benzene rings is 1. The molecule has 0 spiro atoms. The Balaban J connectivity index is 1.46. The van der Waals surface area contributed by atoms with E-state index in [1.165, 1.54) is 6.33 Å². The zero-order valence-corrected chi connectivity index (χ0v) is 26.6. The van der Waals surface area contributed by atoms with Crippen molar-refractivity contribution in [1.82, 2.24) is 34.8 Å². The molecule has 1 aliphatic heterocycles. The van der Waals surface area contributed by atoms with Gasteiger partial charge in [0.05, 0.1) is 18.8 Å². The van der Waals surface area contributed by atoms with Crippen LogP contribution < -0.4 is 16.0 Å². The molecule has 0 bridgehead atoms. The maximum Gasteiger partial charge on any atom is 0.288 e. The van der Waals surface area contributed by atoms with Gasteiger partial charge in [0.2, 0.25) is 0 Å². The van der Waals surface area contributed by atoms with E-state index in [9.17, 15) is 9.59 Å². The Labute approximate surface area is 263 Å². The van der Waals surface area contributed by atoms with Gasteiger partial charge in [0.1, 0.15) is 18.0 Å². The monoisotopic (exact) mass is 612 g/mol. The molecule has 0 radical (unpaired) electrons. The minimum atomic E-state index is -0.260. The van der Waals surface area contributed by atoms with Gasteiger partial charge in [0.15, 0.2) is 11.5 Å². The second kappa shape index (κ2) is 13.4. The summed E-state index contributed by atoms with van der Waals surface area (Å²) in [6.07, 6.45) is 4.78. The summed E-state index contributed by atoms with van der Waals surface area (Å²) in [4.78, 5) is 39.9. The number of morpholine rings is 1. The average molecular weight is 613 g/mol. The Morgan fingerprint density at radius 1 is 1.04 bits per heavy atom. The number of ether oxygens (including phenoxy) is 1. The van der Waals surface area contributed by atoms with Gasteiger partial charge in [-0.05, 0) is 48.6 Å². The van der Waals surface area contributed by atoms with E-state index >= 15 is 0 Å². The number of rotatable bonds is 9. The SMILES string of the molecule is CCN(C(=O)c1cc(Nc2cc(NC(=O)c3cncc(C(C)(C)C)c3)ccc2C)n(-c2cc(NC)ncn2)n1)N1CCOCC1. The molecule has 236 valence electrons. The Morgan fingerprint density at radius 3 is 2.53 bits per heavy atom. The summed E-state index contributed by atoms with van der Waals surface area (Å²) in [5, 5.41) is 17.8. The number of pyridine rings is 1. The lowest BCUT2D eigenvalue weighted by molar-refractivity contribution is -0.0678. The Morgan fingerprint density at radius 2 is 1.82 bits per heavy atom. The van der Waals surface area contributed by atoms with Crippen LogP contribution in [0.1, 0.15) is 59.7 Å². The van der Waals surface area contributed by atoms with Crippen molar-refractivity contribution in [1.29, 1.82) is 0 Å². The lowest BCUT2D eigenvalue weighted by Crippen LogP contribution is -2.51. The standard InChI is InChI=1S/C32H40N10O3/c1-7-41(40-10-12-45-13-11-40)31(44)26-16-29(42(39-26)28-17-27(33-6)35-20-36-28)38-25-15-24(9-8-21(25)2)37-30(43)22-14-23(19-34-18-22)32(3,4)5/h8-9,14-20,38H,7,10-13H2,1-6H3,(H,37,43)(H,33,35,36). The van der Waals surface area contributed by atoms with E-state index in [2.05, 4.69) is 51.7 Å². The smallest absolute Gasteiger partial charge is 0.288 e. The number of nitrogens with zero attached hydrogens (tertiary/aromatic N) is 7. The van der Waals surface area contributed by atoms with Crippen LogP contribution >= 0.6 is 0 Å². The van der Waals surface area contributed by atoms with Crippen molar-refractivity contribution in [3.63, 3.8) is 0 Å². The molecule has 1 fully saturated rings. The van der Waals surface area contributed by atoms with Crippen LogP contribution in [0.5, 0.6) is 0 Å². The zero-order valence-electron chi connectivity index (χ0n) is 26.6. The van der Waals surface area contributed by atoms with Gasteiger partial charge in [-0.3, -0.25) is 19.6 Å². The van der Waals surface area contributed by atoms with E-state index in [4.69, 9.17) is 9.84 Å². The molecule has 13 nitrogen and oxygen atoms in total. The van der Waals surface area contributed by atoms with Crippen LogP contribution in [0.4, 0.5) is 23.0 Å². The summed E-state index contributed by atoms with van der Waals surface area (Å²) in [6, 6.07) is 10.9. The third-order valence-electron chi connectivity index (χ3n) is 7.54.